The summed E-state index contributed by atoms with van der Waals surface area (Å²) in [6, 6.07) is 17.5. The maximum Gasteiger partial charge on any atom is 0.00722 e. The lowest BCUT2D eigenvalue weighted by Gasteiger charge is -2.03. The van der Waals surface area contributed by atoms with Gasteiger partial charge in [-0.15, -0.1) is 23.5 Å². The van der Waals surface area contributed by atoms with Crippen LogP contribution in [0, 0.1) is 20.3 Å². The van der Waals surface area contributed by atoms with Crippen LogP contribution in [0.15, 0.2) is 58.3 Å². The van der Waals surface area contributed by atoms with Crippen LogP contribution in [0.1, 0.15) is 11.1 Å². The maximum absolute atomic E-state index is 2.34. The van der Waals surface area contributed by atoms with Crippen LogP contribution in [-0.2, 0) is 0 Å². The van der Waals surface area contributed by atoms with Crippen LogP contribution in [0.25, 0.3) is 0 Å². The Bertz CT molecular complexity index is 438. The highest BCUT2D eigenvalue weighted by atomic mass is 32.2. The van der Waals surface area contributed by atoms with Crippen LogP contribution >= 0.6 is 23.5 Å². The molecular formula is C17H19S2. The molecule has 0 aliphatic carbocycles. The van der Waals surface area contributed by atoms with E-state index in [2.05, 4.69) is 68.8 Å². The summed E-state index contributed by atoms with van der Waals surface area (Å²) in [5.41, 5.74) is 2.64. The zero-order valence-electron chi connectivity index (χ0n) is 11.4. The highest BCUT2D eigenvalue weighted by Gasteiger charge is 1.96. The number of benzene rings is 2. The average Bonchev–Trinajstić information content (AvgIpc) is 2.43. The normalized spacial score (nSPS) is 10.6. The molecule has 0 spiro atoms. The molecule has 0 unspecified atom stereocenters. The first-order chi connectivity index (χ1) is 9.24. The Morgan fingerprint density at radius 1 is 0.684 bits per heavy atom. The molecule has 0 saturated carbocycles. The molecule has 0 N–H and O–H groups in total. The molecule has 0 fully saturated rings. The van der Waals surface area contributed by atoms with Crippen LogP contribution in [0.3, 0.4) is 0 Å². The lowest BCUT2D eigenvalue weighted by molar-refractivity contribution is 1.35. The van der Waals surface area contributed by atoms with Gasteiger partial charge in [-0.2, -0.15) is 0 Å². The molecule has 2 rings (SSSR count). The average molecular weight is 287 g/mol. The quantitative estimate of drug-likeness (QED) is 0.516. The Labute approximate surface area is 125 Å². The van der Waals surface area contributed by atoms with Crippen molar-refractivity contribution in [3.05, 3.63) is 66.1 Å². The van der Waals surface area contributed by atoms with E-state index < -0.39 is 0 Å². The molecule has 2 heteroatoms. The number of aryl methyl sites for hydroxylation is 2. The van der Waals surface area contributed by atoms with E-state index in [0.717, 1.165) is 11.5 Å². The summed E-state index contributed by atoms with van der Waals surface area (Å²) in [5, 5.41) is 0. The summed E-state index contributed by atoms with van der Waals surface area (Å²) in [6.45, 7) is 4.25. The minimum absolute atomic E-state index is 1.07. The highest BCUT2D eigenvalue weighted by Crippen LogP contribution is 2.22. The van der Waals surface area contributed by atoms with E-state index in [4.69, 9.17) is 0 Å². The van der Waals surface area contributed by atoms with Crippen molar-refractivity contribution >= 4 is 23.5 Å². The fourth-order valence-corrected chi connectivity index (χ4v) is 3.29. The molecule has 19 heavy (non-hydrogen) atoms. The molecule has 0 saturated heterocycles. The Morgan fingerprint density at radius 3 is 1.42 bits per heavy atom. The summed E-state index contributed by atoms with van der Waals surface area (Å²) in [6.07, 6.45) is 2.34. The third-order valence-corrected chi connectivity index (χ3v) is 4.79. The van der Waals surface area contributed by atoms with E-state index in [-0.39, 0.29) is 0 Å². The van der Waals surface area contributed by atoms with Crippen LogP contribution < -0.4 is 0 Å². The van der Waals surface area contributed by atoms with Gasteiger partial charge in [0, 0.05) is 21.3 Å². The SMILES string of the molecule is Cc1ccc(SC[CH]CSc2ccc(C)cc2)cc1. The number of hydrogen-bond acceptors (Lipinski definition) is 2. The molecule has 0 amide bonds. The number of rotatable bonds is 6. The van der Waals surface area contributed by atoms with Crippen molar-refractivity contribution < 1.29 is 0 Å². The molecule has 0 atom stereocenters. The summed E-state index contributed by atoms with van der Waals surface area (Å²) >= 11 is 3.80. The van der Waals surface area contributed by atoms with Crippen molar-refractivity contribution in [3.63, 3.8) is 0 Å². The monoisotopic (exact) mass is 287 g/mol. The molecule has 0 aromatic heterocycles. The molecule has 2 aromatic rings. The van der Waals surface area contributed by atoms with Gasteiger partial charge in [-0.05, 0) is 44.5 Å². The Balaban J connectivity index is 1.64. The van der Waals surface area contributed by atoms with Gasteiger partial charge in [0.05, 0.1) is 0 Å². The zero-order valence-corrected chi connectivity index (χ0v) is 13.1. The van der Waals surface area contributed by atoms with Gasteiger partial charge >= 0.3 is 0 Å². The summed E-state index contributed by atoms with van der Waals surface area (Å²) in [7, 11) is 0. The molecule has 2 aromatic carbocycles. The summed E-state index contributed by atoms with van der Waals surface area (Å²) in [4.78, 5) is 2.70. The van der Waals surface area contributed by atoms with E-state index in [9.17, 15) is 0 Å². The van der Waals surface area contributed by atoms with Crippen molar-refractivity contribution in [1.29, 1.82) is 0 Å². The smallest absolute Gasteiger partial charge is 0.00722 e. The van der Waals surface area contributed by atoms with Gasteiger partial charge < -0.3 is 0 Å². The van der Waals surface area contributed by atoms with Gasteiger partial charge in [0.1, 0.15) is 0 Å². The highest BCUT2D eigenvalue weighted by molar-refractivity contribution is 8.00. The van der Waals surface area contributed by atoms with Crippen molar-refractivity contribution in [2.45, 2.75) is 23.6 Å². The Hall–Kier alpha value is -0.860. The van der Waals surface area contributed by atoms with Crippen molar-refractivity contribution in [1.82, 2.24) is 0 Å². The molecular weight excluding hydrogens is 268 g/mol. The van der Waals surface area contributed by atoms with Crippen LogP contribution in [0.5, 0.6) is 0 Å². The van der Waals surface area contributed by atoms with Crippen LogP contribution in [-0.4, -0.2) is 11.5 Å². The first-order valence-corrected chi connectivity index (χ1v) is 8.42. The fraction of sp³-hybridized carbons (Fsp3) is 0.235. The van der Waals surface area contributed by atoms with Crippen LogP contribution in [0.4, 0.5) is 0 Å². The van der Waals surface area contributed by atoms with Gasteiger partial charge in [0.2, 0.25) is 0 Å². The predicted molar refractivity (Wildman–Crippen MR) is 88.1 cm³/mol. The van der Waals surface area contributed by atoms with Crippen molar-refractivity contribution in [2.75, 3.05) is 11.5 Å². The second-order valence-corrected chi connectivity index (χ2v) is 6.72. The Kier molecular flexibility index (Phi) is 5.87. The number of hydrogen-bond donors (Lipinski definition) is 0. The van der Waals surface area contributed by atoms with Gasteiger partial charge in [0.25, 0.3) is 0 Å². The van der Waals surface area contributed by atoms with Crippen LogP contribution in [0.2, 0.25) is 0 Å². The van der Waals surface area contributed by atoms with Gasteiger partial charge in [0.15, 0.2) is 0 Å². The van der Waals surface area contributed by atoms with Crippen molar-refractivity contribution in [3.8, 4) is 0 Å². The fourth-order valence-electron chi connectivity index (χ4n) is 1.63. The van der Waals surface area contributed by atoms with E-state index in [0.29, 0.717) is 0 Å². The Morgan fingerprint density at radius 2 is 1.05 bits per heavy atom. The molecule has 0 aliphatic heterocycles. The third-order valence-electron chi connectivity index (χ3n) is 2.78. The second kappa shape index (κ2) is 7.66. The van der Waals surface area contributed by atoms with Gasteiger partial charge in [-0.3, -0.25) is 0 Å². The second-order valence-electron chi connectivity index (χ2n) is 4.54. The number of thioether (sulfide) groups is 2. The molecule has 0 aliphatic rings. The third kappa shape index (κ3) is 5.33. The maximum atomic E-state index is 2.34. The zero-order chi connectivity index (χ0) is 13.5. The molecule has 0 bridgehead atoms. The largest absolute Gasteiger partial charge is 0.126 e. The van der Waals surface area contributed by atoms with Gasteiger partial charge in [-0.1, -0.05) is 35.4 Å². The first kappa shape index (κ1) is 14.5. The molecule has 0 heterocycles. The predicted octanol–water partition coefficient (Wildman–Crippen LogP) is 5.39. The minimum atomic E-state index is 1.07. The van der Waals surface area contributed by atoms with E-state index >= 15 is 0 Å². The first-order valence-electron chi connectivity index (χ1n) is 6.44. The van der Waals surface area contributed by atoms with Gasteiger partial charge in [-0.25, -0.2) is 0 Å². The van der Waals surface area contributed by atoms with E-state index in [1.165, 1.54) is 20.9 Å². The molecule has 99 valence electrons. The van der Waals surface area contributed by atoms with E-state index in [1.807, 2.05) is 23.5 Å². The van der Waals surface area contributed by atoms with Crippen molar-refractivity contribution in [2.24, 2.45) is 0 Å². The summed E-state index contributed by atoms with van der Waals surface area (Å²) in [5.74, 6) is 2.14. The molecule has 0 nitrogen and oxygen atoms in total. The standard InChI is InChI=1S/C17H19S2/c1-14-4-8-16(9-5-14)18-12-3-13-19-17-10-6-15(2)7-11-17/h3-11H,12-13H2,1-2H3. The molecule has 1 radical (unpaired) electrons. The lowest BCUT2D eigenvalue weighted by atomic mass is 10.2. The topological polar surface area (TPSA) is 0 Å². The van der Waals surface area contributed by atoms with E-state index in [1.54, 1.807) is 0 Å². The lowest BCUT2D eigenvalue weighted by Crippen LogP contribution is -1.86. The minimum Gasteiger partial charge on any atom is -0.126 e. The summed E-state index contributed by atoms with van der Waals surface area (Å²) < 4.78 is 0.